The minimum Gasteiger partial charge on any atom is -0.320 e. The Morgan fingerprint density at radius 2 is 2.07 bits per heavy atom. The minimum absolute atomic E-state index is 0.124. The Labute approximate surface area is 95.4 Å². The third-order valence-corrected chi connectivity index (χ3v) is 3.40. The van der Waals surface area contributed by atoms with Crippen molar-refractivity contribution < 1.29 is 4.56 Å². The van der Waals surface area contributed by atoms with Crippen molar-refractivity contribution in [1.29, 1.82) is 1.43 Å². The van der Waals surface area contributed by atoms with Crippen LogP contribution in [-0.2, 0) is 5.41 Å². The van der Waals surface area contributed by atoms with Crippen molar-refractivity contribution >= 4 is 21.9 Å². The van der Waals surface area contributed by atoms with E-state index in [2.05, 4.69) is 50.4 Å². The van der Waals surface area contributed by atoms with Gasteiger partial charge in [-0.05, 0) is 40.3 Å². The van der Waals surface area contributed by atoms with Gasteiger partial charge in [0.1, 0.15) is 0 Å². The van der Waals surface area contributed by atoms with Crippen LogP contribution in [0.1, 0.15) is 31.9 Å². The second-order valence-electron chi connectivity index (χ2n) is 4.40. The zero-order chi connectivity index (χ0) is 11.5. The van der Waals surface area contributed by atoms with Crippen LogP contribution in [0, 0.1) is 6.92 Å². The molecule has 0 atom stereocenters. The van der Waals surface area contributed by atoms with Crippen molar-refractivity contribution in [2.45, 2.75) is 38.0 Å². The summed E-state index contributed by atoms with van der Waals surface area (Å²) in [5.41, 5.74) is 2.65. The molecule has 1 rings (SSSR count). The maximum atomic E-state index is 6.67. The molecule has 0 amide bonds. The van der Waals surface area contributed by atoms with Gasteiger partial charge in [-0.3, -0.25) is 0 Å². The Morgan fingerprint density at radius 1 is 1.36 bits per heavy atom. The van der Waals surface area contributed by atoms with Gasteiger partial charge >= 0.3 is 0 Å². The highest BCUT2D eigenvalue weighted by atomic mass is 33.1. The van der Waals surface area contributed by atoms with Gasteiger partial charge in [0.05, 0.1) is 11.1 Å². The topological polar surface area (TPSA) is 20.2 Å². The molecule has 1 N–H and O–H groups in total. The van der Waals surface area contributed by atoms with E-state index in [1.807, 2.05) is 0 Å². The molecule has 1 aromatic rings. The van der Waals surface area contributed by atoms with Crippen LogP contribution < -0.4 is 0 Å². The van der Waals surface area contributed by atoms with Gasteiger partial charge in [-0.25, -0.2) is 0 Å². The third kappa shape index (κ3) is 2.94. The molecule has 78 valence electrons. The smallest absolute Gasteiger partial charge is 0.229 e. The number of rotatable bonds is 3. The Bertz CT molecular complexity index is 334. The van der Waals surface area contributed by atoms with E-state index in [4.69, 9.17) is 1.43 Å². The van der Waals surface area contributed by atoms with Crippen molar-refractivity contribution in [3.05, 3.63) is 29.3 Å². The third-order valence-electron chi connectivity index (χ3n) is 2.07. The van der Waals surface area contributed by atoms with Gasteiger partial charge in [-0.1, -0.05) is 32.9 Å². The quantitative estimate of drug-likeness (QED) is 0.609. The molecule has 0 aliphatic rings. The molecule has 0 unspecified atom stereocenters. The molecule has 3 heteroatoms. The van der Waals surface area contributed by atoms with Gasteiger partial charge < -0.3 is 4.56 Å². The Morgan fingerprint density at radius 3 is 2.64 bits per heavy atom. The van der Waals surface area contributed by atoms with Gasteiger partial charge in [0.2, 0.25) is 1.43 Å². The zero-order valence-corrected chi connectivity index (χ0v) is 10.6. The fraction of sp³-hybridized carbons (Fsp3) is 0.455. The van der Waals surface area contributed by atoms with Gasteiger partial charge in [0, 0.05) is 4.90 Å². The van der Waals surface area contributed by atoms with Crippen molar-refractivity contribution in [1.82, 2.24) is 0 Å². The number of hydrogen-bond acceptors (Lipinski definition) is 3. The average molecular weight is 230 g/mol. The van der Waals surface area contributed by atoms with Crippen LogP contribution in [-0.4, -0.2) is 4.56 Å². The van der Waals surface area contributed by atoms with Crippen molar-refractivity contribution in [2.24, 2.45) is 0 Å². The molecule has 0 aliphatic carbocycles. The number of benzene rings is 1. The summed E-state index contributed by atoms with van der Waals surface area (Å²) in [6, 6.07) is 6.41. The highest BCUT2D eigenvalue weighted by Crippen LogP contribution is 2.37. The van der Waals surface area contributed by atoms with Crippen molar-refractivity contribution in [3.63, 3.8) is 0 Å². The van der Waals surface area contributed by atoms with E-state index < -0.39 is 0 Å². The predicted octanol–water partition coefficient (Wildman–Crippen LogP) is 4.51. The fourth-order valence-electron chi connectivity index (χ4n) is 1.35. The van der Waals surface area contributed by atoms with Crippen LogP contribution in [0.4, 0.5) is 0 Å². The average Bonchev–Trinajstić information content (AvgIpc) is 2.12. The molecule has 0 aliphatic heterocycles. The molecular weight excluding hydrogens is 212 g/mol. The van der Waals surface area contributed by atoms with Gasteiger partial charge in [-0.15, -0.1) is 0 Å². The molecule has 0 saturated heterocycles. The molecule has 1 aromatic carbocycles. The van der Waals surface area contributed by atoms with Crippen LogP contribution in [0.3, 0.4) is 0 Å². The lowest BCUT2D eigenvalue weighted by Crippen LogP contribution is -2.12. The molecule has 0 aromatic heterocycles. The molecule has 14 heavy (non-hydrogen) atoms. The van der Waals surface area contributed by atoms with E-state index in [0.717, 1.165) is 11.1 Å². The molecule has 0 heterocycles. The van der Waals surface area contributed by atoms with Crippen molar-refractivity contribution in [2.75, 3.05) is 0 Å². The monoisotopic (exact) mass is 230 g/mol. The highest BCUT2D eigenvalue weighted by molar-refractivity contribution is 8.74. The SMILES string of the molecule is [3H]OSSc1cc(C)ccc1C(C)(C)C. The normalized spacial score (nSPS) is 12.7. The fourth-order valence-corrected chi connectivity index (χ4v) is 2.76. The van der Waals surface area contributed by atoms with E-state index in [1.54, 1.807) is 0 Å². The van der Waals surface area contributed by atoms with E-state index >= 15 is 0 Å². The molecule has 0 spiro atoms. The van der Waals surface area contributed by atoms with E-state index in [9.17, 15) is 0 Å². The van der Waals surface area contributed by atoms with Gasteiger partial charge in [-0.2, -0.15) is 0 Å². The van der Waals surface area contributed by atoms with E-state index in [1.165, 1.54) is 26.8 Å². The summed E-state index contributed by atoms with van der Waals surface area (Å²) >= 11 is 1.08. The Hall–Kier alpha value is -0.120. The first-order chi connectivity index (χ1) is 6.95. The van der Waals surface area contributed by atoms with E-state index in [-0.39, 0.29) is 5.41 Å². The number of hydrogen-bond donors (Lipinski definition) is 1. The standard InChI is InChI=1S/C11H16OS2/c1-8-5-6-9(11(2,3)4)10(7-8)13-14-12/h5-7,12H,1-4H3/i/hT. The summed E-state index contributed by atoms with van der Waals surface area (Å²) in [6.07, 6.45) is 0. The second kappa shape index (κ2) is 4.60. The zero-order valence-electron chi connectivity index (χ0n) is 9.96. The summed E-state index contributed by atoms with van der Waals surface area (Å²) in [5.74, 6) is 0. The predicted molar refractivity (Wildman–Crippen MR) is 66.0 cm³/mol. The maximum absolute atomic E-state index is 6.67. The summed E-state index contributed by atoms with van der Waals surface area (Å²) in [5, 5.41) is 0. The summed E-state index contributed by atoms with van der Waals surface area (Å²) in [7, 11) is 1.50. The van der Waals surface area contributed by atoms with Crippen LogP contribution in [0.25, 0.3) is 1.43 Å². The second-order valence-corrected chi connectivity index (χ2v) is 6.05. The maximum Gasteiger partial charge on any atom is 0.229 e. The highest BCUT2D eigenvalue weighted by Gasteiger charge is 2.18. The first-order valence-corrected chi connectivity index (χ1v) is 6.60. The van der Waals surface area contributed by atoms with Crippen LogP contribution >= 0.6 is 21.9 Å². The lowest BCUT2D eigenvalue weighted by Gasteiger charge is -2.22. The largest absolute Gasteiger partial charge is 0.320 e. The Kier molecular flexibility index (Phi) is 3.42. The minimum atomic E-state index is 0.124. The Balaban J connectivity index is 3.03. The van der Waals surface area contributed by atoms with Crippen LogP contribution in [0.15, 0.2) is 23.1 Å². The van der Waals surface area contributed by atoms with Crippen LogP contribution in [0.5, 0.6) is 0 Å². The molecule has 0 fully saturated rings. The van der Waals surface area contributed by atoms with Crippen LogP contribution in [0.2, 0.25) is 0 Å². The molecular formula is C11H16OS2. The first-order valence-electron chi connectivity index (χ1n) is 4.93. The molecule has 0 saturated carbocycles. The van der Waals surface area contributed by atoms with Gasteiger partial charge in [0.15, 0.2) is 0 Å². The lowest BCUT2D eigenvalue weighted by molar-refractivity contribution is 0.578. The lowest BCUT2D eigenvalue weighted by atomic mass is 9.86. The molecule has 1 nitrogen and oxygen atoms in total. The first kappa shape index (κ1) is 10.4. The molecule has 0 bridgehead atoms. The van der Waals surface area contributed by atoms with Crippen molar-refractivity contribution in [3.8, 4) is 0 Å². The summed E-state index contributed by atoms with van der Waals surface area (Å²) in [4.78, 5) is 1.18. The van der Waals surface area contributed by atoms with E-state index in [0.29, 0.717) is 0 Å². The summed E-state index contributed by atoms with van der Waals surface area (Å²) in [6.45, 7) is 8.64. The number of aryl methyl sites for hydroxylation is 1. The van der Waals surface area contributed by atoms with Gasteiger partial charge in [0.25, 0.3) is 0 Å². The summed E-state index contributed by atoms with van der Waals surface area (Å²) < 4.78 is 11.0. The molecule has 0 radical (unpaired) electrons.